The monoisotopic (exact) mass is 407 g/mol. The summed E-state index contributed by atoms with van der Waals surface area (Å²) in [4.78, 5) is 25.2. The number of esters is 1. The van der Waals surface area contributed by atoms with E-state index in [9.17, 15) is 9.59 Å². The lowest BCUT2D eigenvalue weighted by Crippen LogP contribution is -2.30. The minimum absolute atomic E-state index is 0.113. The number of carbonyl (C=O) groups is 2. The summed E-state index contributed by atoms with van der Waals surface area (Å²) in [5.41, 5.74) is 1.36. The van der Waals surface area contributed by atoms with Gasteiger partial charge >= 0.3 is 5.97 Å². The summed E-state index contributed by atoms with van der Waals surface area (Å²) < 4.78 is 10.6. The number of halogens is 1. The van der Waals surface area contributed by atoms with Gasteiger partial charge in [0.25, 0.3) is 5.91 Å². The SMILES string of the molecule is CCOc1ccc(SCC(=O)O[C@H](C)C(=O)Nc2cccc(Cl)c2C)cc1. The fourth-order valence-electron chi connectivity index (χ4n) is 2.20. The number of hydrogen-bond acceptors (Lipinski definition) is 5. The van der Waals surface area contributed by atoms with Crippen LogP contribution in [0.2, 0.25) is 5.02 Å². The molecule has 1 amide bonds. The zero-order valence-corrected chi connectivity index (χ0v) is 17.0. The normalized spacial score (nSPS) is 11.6. The fraction of sp³-hybridized carbons (Fsp3) is 0.300. The van der Waals surface area contributed by atoms with Gasteiger partial charge in [0.15, 0.2) is 6.10 Å². The van der Waals surface area contributed by atoms with Crippen molar-refractivity contribution in [1.29, 1.82) is 0 Å². The van der Waals surface area contributed by atoms with Crippen LogP contribution in [0.1, 0.15) is 19.4 Å². The first kappa shape index (κ1) is 21.1. The summed E-state index contributed by atoms with van der Waals surface area (Å²) in [5.74, 6) is 0.0343. The summed E-state index contributed by atoms with van der Waals surface area (Å²) in [6.07, 6.45) is -0.906. The number of rotatable bonds is 8. The van der Waals surface area contributed by atoms with Gasteiger partial charge in [-0.2, -0.15) is 0 Å². The molecule has 0 saturated carbocycles. The molecule has 1 atom stereocenters. The first-order valence-corrected chi connectivity index (χ1v) is 9.88. The fourth-order valence-corrected chi connectivity index (χ4v) is 3.06. The molecule has 7 heteroatoms. The van der Waals surface area contributed by atoms with Crippen molar-refractivity contribution in [3.8, 4) is 5.75 Å². The molecule has 144 valence electrons. The molecule has 0 aliphatic heterocycles. The van der Waals surface area contributed by atoms with Crippen LogP contribution in [0, 0.1) is 6.92 Å². The van der Waals surface area contributed by atoms with Crippen LogP contribution in [0.15, 0.2) is 47.4 Å². The average Bonchev–Trinajstić information content (AvgIpc) is 2.65. The summed E-state index contributed by atoms with van der Waals surface area (Å²) in [6.45, 7) is 5.87. The summed E-state index contributed by atoms with van der Waals surface area (Å²) >= 11 is 7.38. The molecule has 2 aromatic carbocycles. The second-order valence-corrected chi connectivity index (χ2v) is 7.18. The van der Waals surface area contributed by atoms with Crippen molar-refractivity contribution in [2.75, 3.05) is 17.7 Å². The van der Waals surface area contributed by atoms with Gasteiger partial charge in [-0.25, -0.2) is 0 Å². The number of ether oxygens (including phenoxy) is 2. The summed E-state index contributed by atoms with van der Waals surface area (Å²) in [6, 6.07) is 12.7. The predicted octanol–water partition coefficient (Wildman–Crippen LogP) is 4.71. The molecular formula is C20H22ClNO4S. The Morgan fingerprint density at radius 1 is 1.19 bits per heavy atom. The van der Waals surface area contributed by atoms with Crippen molar-refractivity contribution in [3.63, 3.8) is 0 Å². The van der Waals surface area contributed by atoms with E-state index in [4.69, 9.17) is 21.1 Å². The van der Waals surface area contributed by atoms with Gasteiger partial charge in [-0.05, 0) is 62.7 Å². The molecular weight excluding hydrogens is 386 g/mol. The van der Waals surface area contributed by atoms with Gasteiger partial charge in [-0.1, -0.05) is 17.7 Å². The van der Waals surface area contributed by atoms with Crippen molar-refractivity contribution in [3.05, 3.63) is 53.1 Å². The van der Waals surface area contributed by atoms with E-state index in [1.807, 2.05) is 38.1 Å². The highest BCUT2D eigenvalue weighted by Gasteiger charge is 2.19. The lowest BCUT2D eigenvalue weighted by molar-refractivity contribution is -0.150. The third kappa shape index (κ3) is 6.48. The Morgan fingerprint density at radius 2 is 1.89 bits per heavy atom. The first-order valence-electron chi connectivity index (χ1n) is 8.51. The number of thioether (sulfide) groups is 1. The van der Waals surface area contributed by atoms with Crippen LogP contribution < -0.4 is 10.1 Å². The quantitative estimate of drug-likeness (QED) is 0.507. The van der Waals surface area contributed by atoms with Crippen LogP contribution in [0.25, 0.3) is 0 Å². The minimum Gasteiger partial charge on any atom is -0.494 e. The van der Waals surface area contributed by atoms with Gasteiger partial charge in [0, 0.05) is 15.6 Å². The Kier molecular flexibility index (Phi) is 8.00. The van der Waals surface area contributed by atoms with Crippen LogP contribution in [0.3, 0.4) is 0 Å². The number of anilines is 1. The minimum atomic E-state index is -0.906. The zero-order chi connectivity index (χ0) is 19.8. The molecule has 1 N–H and O–H groups in total. The Balaban J connectivity index is 1.82. The Morgan fingerprint density at radius 3 is 2.56 bits per heavy atom. The van der Waals surface area contributed by atoms with E-state index in [0.717, 1.165) is 16.2 Å². The van der Waals surface area contributed by atoms with E-state index >= 15 is 0 Å². The van der Waals surface area contributed by atoms with Crippen molar-refractivity contribution < 1.29 is 19.1 Å². The molecule has 2 rings (SSSR count). The third-order valence-corrected chi connectivity index (χ3v) is 5.09. The second kappa shape index (κ2) is 10.2. The van der Waals surface area contributed by atoms with Gasteiger partial charge in [0.05, 0.1) is 12.4 Å². The van der Waals surface area contributed by atoms with Gasteiger partial charge in [0.2, 0.25) is 0 Å². The van der Waals surface area contributed by atoms with Gasteiger partial charge in [-0.3, -0.25) is 9.59 Å². The lowest BCUT2D eigenvalue weighted by Gasteiger charge is -2.15. The molecule has 0 radical (unpaired) electrons. The lowest BCUT2D eigenvalue weighted by atomic mass is 10.2. The van der Waals surface area contributed by atoms with E-state index in [0.29, 0.717) is 17.3 Å². The first-order chi connectivity index (χ1) is 12.9. The maximum absolute atomic E-state index is 12.2. The molecule has 0 bridgehead atoms. The number of benzene rings is 2. The second-order valence-electron chi connectivity index (χ2n) is 5.73. The number of nitrogens with one attached hydrogen (secondary N) is 1. The Bertz CT molecular complexity index is 795. The molecule has 0 aliphatic carbocycles. The molecule has 2 aromatic rings. The molecule has 0 fully saturated rings. The smallest absolute Gasteiger partial charge is 0.317 e. The standard InChI is InChI=1S/C20H22ClNO4S/c1-4-25-15-8-10-16(11-9-15)27-12-19(23)26-14(3)20(24)22-18-7-5-6-17(21)13(18)2/h5-11,14H,4,12H2,1-3H3,(H,22,24)/t14-/m1/s1. The molecule has 0 aliphatic rings. The van der Waals surface area contributed by atoms with Crippen LogP contribution in [0.4, 0.5) is 5.69 Å². The average molecular weight is 408 g/mol. The topological polar surface area (TPSA) is 64.6 Å². The molecule has 5 nitrogen and oxygen atoms in total. The highest BCUT2D eigenvalue weighted by Crippen LogP contribution is 2.24. The van der Waals surface area contributed by atoms with Gasteiger partial charge in [-0.15, -0.1) is 11.8 Å². The highest BCUT2D eigenvalue weighted by atomic mass is 35.5. The zero-order valence-electron chi connectivity index (χ0n) is 15.5. The van der Waals surface area contributed by atoms with Crippen molar-refractivity contribution in [2.45, 2.75) is 31.8 Å². The van der Waals surface area contributed by atoms with Crippen molar-refractivity contribution in [1.82, 2.24) is 0 Å². The van der Waals surface area contributed by atoms with E-state index in [1.165, 1.54) is 18.7 Å². The summed E-state index contributed by atoms with van der Waals surface area (Å²) in [5, 5.41) is 3.29. The van der Waals surface area contributed by atoms with Crippen molar-refractivity contribution >= 4 is 40.9 Å². The van der Waals surface area contributed by atoms with E-state index in [1.54, 1.807) is 18.2 Å². The van der Waals surface area contributed by atoms with Crippen LogP contribution in [-0.4, -0.2) is 30.3 Å². The van der Waals surface area contributed by atoms with Gasteiger partial charge < -0.3 is 14.8 Å². The van der Waals surface area contributed by atoms with E-state index in [-0.39, 0.29) is 5.75 Å². The van der Waals surface area contributed by atoms with Gasteiger partial charge in [0.1, 0.15) is 5.75 Å². The Labute approximate surface area is 168 Å². The number of carbonyl (C=O) groups excluding carboxylic acids is 2. The highest BCUT2D eigenvalue weighted by molar-refractivity contribution is 8.00. The maximum atomic E-state index is 12.2. The number of amides is 1. The Hall–Kier alpha value is -2.18. The molecule has 27 heavy (non-hydrogen) atoms. The third-order valence-electron chi connectivity index (χ3n) is 3.69. The predicted molar refractivity (Wildman–Crippen MR) is 109 cm³/mol. The number of hydrogen-bond donors (Lipinski definition) is 1. The van der Waals surface area contributed by atoms with E-state index < -0.39 is 18.0 Å². The van der Waals surface area contributed by atoms with E-state index in [2.05, 4.69) is 5.32 Å². The van der Waals surface area contributed by atoms with Crippen LogP contribution >= 0.6 is 23.4 Å². The van der Waals surface area contributed by atoms with Crippen LogP contribution in [-0.2, 0) is 14.3 Å². The summed E-state index contributed by atoms with van der Waals surface area (Å²) in [7, 11) is 0. The molecule has 0 aromatic heterocycles. The molecule has 0 unspecified atom stereocenters. The molecule has 0 saturated heterocycles. The van der Waals surface area contributed by atoms with Crippen molar-refractivity contribution in [2.24, 2.45) is 0 Å². The van der Waals surface area contributed by atoms with Crippen LogP contribution in [0.5, 0.6) is 5.75 Å². The molecule has 0 spiro atoms. The largest absolute Gasteiger partial charge is 0.494 e. The maximum Gasteiger partial charge on any atom is 0.317 e. The molecule has 0 heterocycles.